The molecule has 1 aliphatic rings. The van der Waals surface area contributed by atoms with Crippen LogP contribution in [0.2, 0.25) is 0 Å². The first kappa shape index (κ1) is 9.96. The highest BCUT2D eigenvalue weighted by molar-refractivity contribution is 4.78. The van der Waals surface area contributed by atoms with Crippen molar-refractivity contribution in [2.45, 2.75) is 25.3 Å². The van der Waals surface area contributed by atoms with E-state index in [4.69, 9.17) is 5.11 Å². The number of aliphatic hydroxyl groups is 1. The Labute approximate surface area is 74.8 Å². The Balaban J connectivity index is 2.12. The molecule has 3 nitrogen and oxygen atoms in total. The normalized spacial score (nSPS) is 25.0. The molecular weight excluding hydrogens is 152 g/mol. The Kier molecular flexibility index (Phi) is 4.58. The van der Waals surface area contributed by atoms with Gasteiger partial charge in [-0.25, -0.2) is 0 Å². The van der Waals surface area contributed by atoms with Crippen LogP contribution in [0.5, 0.6) is 0 Å². The van der Waals surface area contributed by atoms with Gasteiger partial charge in [-0.2, -0.15) is 0 Å². The molecule has 3 heteroatoms. The average molecular weight is 172 g/mol. The summed E-state index contributed by atoms with van der Waals surface area (Å²) in [6.07, 6.45) is 3.62. The van der Waals surface area contributed by atoms with Crippen molar-refractivity contribution in [2.24, 2.45) is 0 Å². The van der Waals surface area contributed by atoms with Crippen molar-refractivity contribution >= 4 is 0 Å². The predicted octanol–water partition coefficient (Wildman–Crippen LogP) is 0.0526. The van der Waals surface area contributed by atoms with Crippen LogP contribution in [0.3, 0.4) is 0 Å². The molecule has 0 bridgehead atoms. The molecule has 1 fully saturated rings. The molecule has 0 radical (unpaired) electrons. The van der Waals surface area contributed by atoms with Gasteiger partial charge in [-0.05, 0) is 45.9 Å². The van der Waals surface area contributed by atoms with Crippen LogP contribution in [-0.4, -0.2) is 49.3 Å². The lowest BCUT2D eigenvalue weighted by Crippen LogP contribution is -2.34. The van der Waals surface area contributed by atoms with E-state index in [1.165, 1.54) is 25.8 Å². The Bertz CT molecular complexity index is 119. The quantitative estimate of drug-likeness (QED) is 0.575. The maximum Gasteiger partial charge on any atom is 0.0586 e. The van der Waals surface area contributed by atoms with E-state index in [0.717, 1.165) is 13.1 Å². The van der Waals surface area contributed by atoms with Crippen molar-refractivity contribution in [1.29, 1.82) is 0 Å². The van der Waals surface area contributed by atoms with Gasteiger partial charge in [0, 0.05) is 6.04 Å². The summed E-state index contributed by atoms with van der Waals surface area (Å²) >= 11 is 0. The first-order valence-electron chi connectivity index (χ1n) is 4.88. The van der Waals surface area contributed by atoms with Crippen LogP contribution in [0.1, 0.15) is 19.3 Å². The first-order chi connectivity index (χ1) is 5.88. The molecule has 1 heterocycles. The third kappa shape index (κ3) is 2.73. The Morgan fingerprint density at radius 2 is 2.42 bits per heavy atom. The second kappa shape index (κ2) is 5.51. The zero-order chi connectivity index (χ0) is 8.81. The van der Waals surface area contributed by atoms with Crippen molar-refractivity contribution in [3.63, 3.8) is 0 Å². The van der Waals surface area contributed by atoms with Gasteiger partial charge in [-0.15, -0.1) is 0 Å². The minimum Gasteiger partial charge on any atom is -0.395 e. The average Bonchev–Trinajstić information content (AvgIpc) is 2.52. The van der Waals surface area contributed by atoms with Gasteiger partial charge in [-0.1, -0.05) is 0 Å². The fourth-order valence-electron chi connectivity index (χ4n) is 1.86. The molecule has 0 aromatic heterocycles. The molecular formula is C9H20N2O. The van der Waals surface area contributed by atoms with Gasteiger partial charge in [0.2, 0.25) is 0 Å². The maximum absolute atomic E-state index is 9.04. The van der Waals surface area contributed by atoms with Crippen molar-refractivity contribution < 1.29 is 5.11 Å². The van der Waals surface area contributed by atoms with E-state index in [2.05, 4.69) is 10.2 Å². The second-order valence-corrected chi connectivity index (χ2v) is 3.47. The number of aliphatic hydroxyl groups excluding tert-OH is 1. The number of nitrogens with one attached hydrogen (secondary N) is 1. The fraction of sp³-hybridized carbons (Fsp3) is 1.00. The Morgan fingerprint density at radius 3 is 3.08 bits per heavy atom. The molecule has 1 unspecified atom stereocenters. The molecule has 0 saturated carbocycles. The lowest BCUT2D eigenvalue weighted by atomic mass is 10.2. The van der Waals surface area contributed by atoms with Gasteiger partial charge in [0.05, 0.1) is 6.61 Å². The smallest absolute Gasteiger partial charge is 0.0586 e. The van der Waals surface area contributed by atoms with Crippen molar-refractivity contribution in [1.82, 2.24) is 10.2 Å². The van der Waals surface area contributed by atoms with E-state index in [0.29, 0.717) is 12.6 Å². The molecule has 1 aliphatic heterocycles. The summed E-state index contributed by atoms with van der Waals surface area (Å²) in [5, 5.41) is 12.2. The summed E-state index contributed by atoms with van der Waals surface area (Å²) in [7, 11) is 1.98. The Hall–Kier alpha value is -0.120. The maximum atomic E-state index is 9.04. The lowest BCUT2D eigenvalue weighted by molar-refractivity contribution is 0.158. The van der Waals surface area contributed by atoms with Crippen LogP contribution in [0, 0.1) is 0 Å². The van der Waals surface area contributed by atoms with Gasteiger partial charge in [0.15, 0.2) is 0 Å². The third-order valence-corrected chi connectivity index (χ3v) is 2.58. The molecule has 0 amide bonds. The highest BCUT2D eigenvalue weighted by Crippen LogP contribution is 2.16. The predicted molar refractivity (Wildman–Crippen MR) is 50.2 cm³/mol. The number of nitrogens with zero attached hydrogens (tertiary/aromatic N) is 1. The monoisotopic (exact) mass is 172 g/mol. The topological polar surface area (TPSA) is 35.5 Å². The molecule has 0 spiro atoms. The molecule has 1 atom stereocenters. The largest absolute Gasteiger partial charge is 0.395 e. The highest BCUT2D eigenvalue weighted by atomic mass is 16.3. The van der Waals surface area contributed by atoms with Crippen molar-refractivity contribution in [3.8, 4) is 0 Å². The molecule has 2 N–H and O–H groups in total. The van der Waals surface area contributed by atoms with Gasteiger partial charge in [-0.3, -0.25) is 4.90 Å². The molecule has 0 aliphatic carbocycles. The number of rotatable bonds is 5. The summed E-state index contributed by atoms with van der Waals surface area (Å²) < 4.78 is 0. The Morgan fingerprint density at radius 1 is 1.58 bits per heavy atom. The van der Waals surface area contributed by atoms with Crippen molar-refractivity contribution in [3.05, 3.63) is 0 Å². The van der Waals surface area contributed by atoms with Gasteiger partial charge in [0.25, 0.3) is 0 Å². The van der Waals surface area contributed by atoms with Crippen LogP contribution in [0.25, 0.3) is 0 Å². The summed E-state index contributed by atoms with van der Waals surface area (Å²) in [5.41, 5.74) is 0. The molecule has 1 saturated heterocycles. The third-order valence-electron chi connectivity index (χ3n) is 2.58. The van der Waals surface area contributed by atoms with Crippen LogP contribution < -0.4 is 5.32 Å². The SMILES string of the molecule is CNCCCN1CCCC1CO. The van der Waals surface area contributed by atoms with Gasteiger partial charge >= 0.3 is 0 Å². The van der Waals surface area contributed by atoms with Crippen LogP contribution in [0.4, 0.5) is 0 Å². The molecule has 0 aromatic rings. The first-order valence-corrected chi connectivity index (χ1v) is 4.88. The van der Waals surface area contributed by atoms with Gasteiger partial charge in [0.1, 0.15) is 0 Å². The van der Waals surface area contributed by atoms with E-state index >= 15 is 0 Å². The van der Waals surface area contributed by atoms with Crippen molar-refractivity contribution in [2.75, 3.05) is 33.3 Å². The van der Waals surface area contributed by atoms with E-state index in [1.807, 2.05) is 7.05 Å². The highest BCUT2D eigenvalue weighted by Gasteiger charge is 2.22. The van der Waals surface area contributed by atoms with E-state index < -0.39 is 0 Å². The molecule has 72 valence electrons. The standard InChI is InChI=1S/C9H20N2O/c1-10-5-3-7-11-6-2-4-9(11)8-12/h9-10,12H,2-8H2,1H3. The minimum atomic E-state index is 0.333. The number of hydrogen-bond acceptors (Lipinski definition) is 3. The van der Waals surface area contributed by atoms with E-state index in [9.17, 15) is 0 Å². The van der Waals surface area contributed by atoms with E-state index in [1.54, 1.807) is 0 Å². The van der Waals surface area contributed by atoms with Crippen LogP contribution in [0.15, 0.2) is 0 Å². The van der Waals surface area contributed by atoms with Crippen LogP contribution in [-0.2, 0) is 0 Å². The molecule has 12 heavy (non-hydrogen) atoms. The number of hydrogen-bond donors (Lipinski definition) is 2. The zero-order valence-electron chi connectivity index (χ0n) is 7.92. The summed E-state index contributed by atoms with van der Waals surface area (Å²) in [4.78, 5) is 2.40. The molecule has 0 aromatic carbocycles. The fourth-order valence-corrected chi connectivity index (χ4v) is 1.86. The van der Waals surface area contributed by atoms with Crippen LogP contribution >= 0.6 is 0 Å². The van der Waals surface area contributed by atoms with E-state index in [-0.39, 0.29) is 0 Å². The van der Waals surface area contributed by atoms with Gasteiger partial charge < -0.3 is 10.4 Å². The zero-order valence-corrected chi connectivity index (χ0v) is 7.92. The lowest BCUT2D eigenvalue weighted by Gasteiger charge is -2.22. The summed E-state index contributed by atoms with van der Waals surface area (Å²) in [5.74, 6) is 0. The second-order valence-electron chi connectivity index (χ2n) is 3.47. The number of likely N-dealkylation sites (tertiary alicyclic amines) is 1. The minimum absolute atomic E-state index is 0.333. The summed E-state index contributed by atoms with van der Waals surface area (Å²) in [6.45, 7) is 3.72. The summed E-state index contributed by atoms with van der Waals surface area (Å²) in [6, 6.07) is 0.446. The molecule has 1 rings (SSSR count).